The van der Waals surface area contributed by atoms with E-state index in [0.29, 0.717) is 6.54 Å². The molecule has 0 bridgehead atoms. The third-order valence-electron chi connectivity index (χ3n) is 5.47. The van der Waals surface area contributed by atoms with Crippen molar-refractivity contribution in [1.29, 1.82) is 0 Å². The smallest absolute Gasteiger partial charge is 0.252 e. The SMILES string of the molecule is CCS(=O)(=O)c1ccccc1C(=O)NCc1ccccc1-c1ccc(Cn2cccn2)cc1. The highest BCUT2D eigenvalue weighted by molar-refractivity contribution is 7.91. The Morgan fingerprint density at radius 2 is 1.67 bits per heavy atom. The molecule has 33 heavy (non-hydrogen) atoms. The quantitative estimate of drug-likeness (QED) is 0.425. The number of hydrogen-bond acceptors (Lipinski definition) is 4. The lowest BCUT2D eigenvalue weighted by molar-refractivity contribution is 0.0947. The second-order valence-electron chi connectivity index (χ2n) is 7.64. The molecule has 1 aromatic heterocycles. The molecule has 0 aliphatic heterocycles. The molecule has 0 aliphatic rings. The Balaban J connectivity index is 1.52. The van der Waals surface area contributed by atoms with Gasteiger partial charge in [0.05, 0.1) is 22.8 Å². The Bertz CT molecular complexity index is 1350. The minimum absolute atomic E-state index is 0.0590. The number of carbonyl (C=O) groups is 1. The minimum atomic E-state index is -3.50. The number of sulfone groups is 1. The van der Waals surface area contributed by atoms with Gasteiger partial charge in [0.15, 0.2) is 9.84 Å². The number of hydrogen-bond donors (Lipinski definition) is 1. The lowest BCUT2D eigenvalue weighted by Gasteiger charge is -2.13. The lowest BCUT2D eigenvalue weighted by atomic mass is 9.98. The van der Waals surface area contributed by atoms with Crippen molar-refractivity contribution in [1.82, 2.24) is 15.1 Å². The van der Waals surface area contributed by atoms with Gasteiger partial charge in [-0.2, -0.15) is 5.10 Å². The summed E-state index contributed by atoms with van der Waals surface area (Å²) < 4.78 is 26.6. The second kappa shape index (κ2) is 9.83. The fourth-order valence-corrected chi connectivity index (χ4v) is 4.77. The van der Waals surface area contributed by atoms with Crippen molar-refractivity contribution in [2.45, 2.75) is 24.9 Å². The summed E-state index contributed by atoms with van der Waals surface area (Å²) in [7, 11) is -3.50. The third kappa shape index (κ3) is 5.21. The summed E-state index contributed by atoms with van der Waals surface area (Å²) in [5, 5.41) is 7.13. The van der Waals surface area contributed by atoms with Gasteiger partial charge < -0.3 is 5.32 Å². The molecule has 0 aliphatic carbocycles. The van der Waals surface area contributed by atoms with Crippen molar-refractivity contribution >= 4 is 15.7 Å². The molecule has 0 fully saturated rings. The van der Waals surface area contributed by atoms with Crippen LogP contribution in [0.4, 0.5) is 0 Å². The summed E-state index contributed by atoms with van der Waals surface area (Å²) in [4.78, 5) is 12.9. The molecule has 1 N–H and O–H groups in total. The zero-order valence-corrected chi connectivity index (χ0v) is 19.1. The van der Waals surface area contributed by atoms with E-state index in [0.717, 1.165) is 22.3 Å². The molecule has 4 aromatic rings. The van der Waals surface area contributed by atoms with Crippen LogP contribution in [0, 0.1) is 0 Å². The Kier molecular flexibility index (Phi) is 6.70. The molecule has 0 radical (unpaired) electrons. The third-order valence-corrected chi connectivity index (χ3v) is 7.26. The Labute approximate surface area is 193 Å². The maximum Gasteiger partial charge on any atom is 0.252 e. The van der Waals surface area contributed by atoms with E-state index in [2.05, 4.69) is 34.7 Å². The average molecular weight is 460 g/mol. The van der Waals surface area contributed by atoms with Gasteiger partial charge in [-0.3, -0.25) is 9.48 Å². The van der Waals surface area contributed by atoms with E-state index < -0.39 is 15.7 Å². The van der Waals surface area contributed by atoms with Crippen LogP contribution in [0.1, 0.15) is 28.4 Å². The maximum atomic E-state index is 12.9. The van der Waals surface area contributed by atoms with E-state index in [9.17, 15) is 13.2 Å². The Morgan fingerprint density at radius 3 is 2.39 bits per heavy atom. The van der Waals surface area contributed by atoms with Gasteiger partial charge in [0.1, 0.15) is 0 Å². The first-order valence-corrected chi connectivity index (χ1v) is 12.4. The fourth-order valence-electron chi connectivity index (χ4n) is 3.68. The van der Waals surface area contributed by atoms with Crippen LogP contribution in [0.15, 0.2) is 96.2 Å². The summed E-state index contributed by atoms with van der Waals surface area (Å²) in [6.45, 7) is 2.55. The zero-order valence-electron chi connectivity index (χ0n) is 18.3. The number of rotatable bonds is 8. The van der Waals surface area contributed by atoms with Crippen LogP contribution in [-0.2, 0) is 22.9 Å². The van der Waals surface area contributed by atoms with E-state index in [1.807, 2.05) is 41.2 Å². The monoisotopic (exact) mass is 459 g/mol. The second-order valence-corrected chi connectivity index (χ2v) is 9.89. The van der Waals surface area contributed by atoms with Gasteiger partial charge in [0.25, 0.3) is 5.91 Å². The van der Waals surface area contributed by atoms with Crippen LogP contribution in [0.2, 0.25) is 0 Å². The highest BCUT2D eigenvalue weighted by Gasteiger charge is 2.20. The molecule has 0 spiro atoms. The molecule has 0 saturated carbocycles. The maximum absolute atomic E-state index is 12.9. The van der Waals surface area contributed by atoms with Crippen molar-refractivity contribution < 1.29 is 13.2 Å². The predicted octanol–water partition coefficient (Wildman–Crippen LogP) is 4.32. The lowest BCUT2D eigenvalue weighted by Crippen LogP contribution is -2.25. The highest BCUT2D eigenvalue weighted by atomic mass is 32.2. The van der Waals surface area contributed by atoms with E-state index in [-0.39, 0.29) is 22.8 Å². The molecular formula is C26H25N3O3S. The van der Waals surface area contributed by atoms with Gasteiger partial charge in [-0.1, -0.05) is 67.6 Å². The van der Waals surface area contributed by atoms with E-state index in [4.69, 9.17) is 0 Å². The van der Waals surface area contributed by atoms with Crippen LogP contribution in [0.25, 0.3) is 11.1 Å². The standard InChI is InChI=1S/C26H25N3O3S/c1-2-33(31,32)25-11-6-5-10-24(25)26(30)27-18-22-8-3-4-9-23(22)21-14-12-20(13-15-21)19-29-17-7-16-28-29/h3-17H,2,18-19H2,1H3,(H,27,30). The number of benzene rings is 3. The van der Waals surface area contributed by atoms with Crippen molar-refractivity contribution in [3.8, 4) is 11.1 Å². The zero-order chi connectivity index (χ0) is 23.3. The van der Waals surface area contributed by atoms with Crippen LogP contribution in [0.3, 0.4) is 0 Å². The van der Waals surface area contributed by atoms with Crippen LogP contribution in [-0.4, -0.2) is 29.9 Å². The van der Waals surface area contributed by atoms with E-state index >= 15 is 0 Å². The molecule has 4 rings (SSSR count). The molecule has 0 saturated heterocycles. The van der Waals surface area contributed by atoms with Crippen LogP contribution in [0.5, 0.6) is 0 Å². The highest BCUT2D eigenvalue weighted by Crippen LogP contribution is 2.25. The number of nitrogens with zero attached hydrogens (tertiary/aromatic N) is 2. The summed E-state index contributed by atoms with van der Waals surface area (Å²) in [5.41, 5.74) is 4.30. The Hall–Kier alpha value is -3.71. The first-order chi connectivity index (χ1) is 16.0. The van der Waals surface area contributed by atoms with Crippen LogP contribution < -0.4 is 5.32 Å². The largest absolute Gasteiger partial charge is 0.348 e. The van der Waals surface area contributed by atoms with Gasteiger partial charge in [0, 0.05) is 18.9 Å². The summed E-state index contributed by atoms with van der Waals surface area (Å²) in [6, 6.07) is 24.3. The number of amides is 1. The normalized spacial score (nSPS) is 11.3. The molecule has 6 nitrogen and oxygen atoms in total. The first-order valence-electron chi connectivity index (χ1n) is 10.7. The van der Waals surface area contributed by atoms with Gasteiger partial charge in [-0.05, 0) is 40.5 Å². The molecular weight excluding hydrogens is 434 g/mol. The van der Waals surface area contributed by atoms with Crippen molar-refractivity contribution in [2.75, 3.05) is 5.75 Å². The van der Waals surface area contributed by atoms with Gasteiger partial charge >= 0.3 is 0 Å². The molecule has 0 unspecified atom stereocenters. The van der Waals surface area contributed by atoms with Gasteiger partial charge in [0.2, 0.25) is 0 Å². The fraction of sp³-hybridized carbons (Fsp3) is 0.154. The van der Waals surface area contributed by atoms with Crippen molar-refractivity contribution in [2.24, 2.45) is 0 Å². The molecule has 7 heteroatoms. The summed E-state index contributed by atoms with van der Waals surface area (Å²) in [6.07, 6.45) is 3.69. The minimum Gasteiger partial charge on any atom is -0.348 e. The predicted molar refractivity (Wildman–Crippen MR) is 129 cm³/mol. The summed E-state index contributed by atoms with van der Waals surface area (Å²) >= 11 is 0. The van der Waals surface area contributed by atoms with Crippen LogP contribution >= 0.6 is 0 Å². The van der Waals surface area contributed by atoms with Crippen molar-refractivity contribution in [3.63, 3.8) is 0 Å². The van der Waals surface area contributed by atoms with Gasteiger partial charge in [-0.15, -0.1) is 0 Å². The van der Waals surface area contributed by atoms with Gasteiger partial charge in [-0.25, -0.2) is 8.42 Å². The Morgan fingerprint density at radius 1 is 0.939 bits per heavy atom. The topological polar surface area (TPSA) is 81.1 Å². The molecule has 3 aromatic carbocycles. The molecule has 1 heterocycles. The molecule has 1 amide bonds. The van der Waals surface area contributed by atoms with E-state index in [1.165, 1.54) is 6.07 Å². The van der Waals surface area contributed by atoms with Crippen molar-refractivity contribution in [3.05, 3.63) is 108 Å². The molecule has 168 valence electrons. The molecule has 0 atom stereocenters. The average Bonchev–Trinajstić information content (AvgIpc) is 3.36. The summed E-state index contributed by atoms with van der Waals surface area (Å²) in [5.74, 6) is -0.469. The van der Waals surface area contributed by atoms with E-state index in [1.54, 1.807) is 31.3 Å². The number of nitrogens with one attached hydrogen (secondary N) is 1. The first kappa shape index (κ1) is 22.5. The number of carbonyl (C=O) groups excluding carboxylic acids is 1. The number of aromatic nitrogens is 2.